The molecular weight excluding hydrogens is 283 g/mol. The van der Waals surface area contributed by atoms with Crippen LogP contribution in [0, 0.1) is 10.1 Å². The molecular formula is C11H10F3NO5. The van der Waals surface area contributed by atoms with Crippen LogP contribution in [0.25, 0.3) is 0 Å². The molecule has 0 aliphatic rings. The fraction of sp³-hybridized carbons (Fsp3) is 0.364. The van der Waals surface area contributed by atoms with E-state index in [2.05, 4.69) is 4.74 Å². The van der Waals surface area contributed by atoms with Crippen molar-refractivity contribution >= 4 is 11.7 Å². The standard InChI is InChI=1S/C11H10F3NO5/c1-7(16)19-4-5-20-8-2-3-10(15(17)18)9(6-8)11(12,13)14/h2-3,6H,4-5H2,1H3. The Morgan fingerprint density at radius 3 is 2.50 bits per heavy atom. The first-order valence-electron chi connectivity index (χ1n) is 5.33. The minimum Gasteiger partial charge on any atom is -0.490 e. The van der Waals surface area contributed by atoms with Crippen LogP contribution >= 0.6 is 0 Å². The van der Waals surface area contributed by atoms with Crippen molar-refractivity contribution < 1.29 is 32.4 Å². The summed E-state index contributed by atoms with van der Waals surface area (Å²) in [5.74, 6) is -0.747. The number of esters is 1. The Morgan fingerprint density at radius 1 is 1.35 bits per heavy atom. The molecule has 0 bridgehead atoms. The quantitative estimate of drug-likeness (QED) is 0.361. The summed E-state index contributed by atoms with van der Waals surface area (Å²) in [6.07, 6.45) is -4.86. The van der Waals surface area contributed by atoms with Crippen molar-refractivity contribution in [2.24, 2.45) is 0 Å². The summed E-state index contributed by atoms with van der Waals surface area (Å²) in [5.41, 5.74) is -2.45. The van der Waals surface area contributed by atoms with E-state index in [0.717, 1.165) is 6.07 Å². The maximum absolute atomic E-state index is 12.7. The number of hydrogen-bond acceptors (Lipinski definition) is 5. The number of benzene rings is 1. The molecule has 9 heteroatoms. The highest BCUT2D eigenvalue weighted by Gasteiger charge is 2.38. The zero-order valence-corrected chi connectivity index (χ0v) is 10.3. The summed E-state index contributed by atoms with van der Waals surface area (Å²) in [7, 11) is 0. The van der Waals surface area contributed by atoms with Crippen LogP contribution in [-0.4, -0.2) is 24.1 Å². The van der Waals surface area contributed by atoms with Crippen molar-refractivity contribution in [3.8, 4) is 5.75 Å². The largest absolute Gasteiger partial charge is 0.490 e. The highest BCUT2D eigenvalue weighted by molar-refractivity contribution is 5.65. The van der Waals surface area contributed by atoms with Gasteiger partial charge in [-0.3, -0.25) is 14.9 Å². The second-order valence-corrected chi connectivity index (χ2v) is 3.62. The van der Waals surface area contributed by atoms with Gasteiger partial charge in [0.25, 0.3) is 5.69 Å². The summed E-state index contributed by atoms with van der Waals surface area (Å²) in [5, 5.41) is 10.5. The van der Waals surface area contributed by atoms with Gasteiger partial charge in [0.1, 0.15) is 24.5 Å². The Bertz CT molecular complexity index is 515. The lowest BCUT2D eigenvalue weighted by atomic mass is 10.1. The normalized spacial score (nSPS) is 11.0. The number of rotatable bonds is 5. The Kier molecular flexibility index (Phi) is 4.89. The van der Waals surface area contributed by atoms with E-state index in [9.17, 15) is 28.1 Å². The lowest BCUT2D eigenvalue weighted by molar-refractivity contribution is -0.388. The van der Waals surface area contributed by atoms with Gasteiger partial charge in [0.05, 0.1) is 4.92 Å². The maximum Gasteiger partial charge on any atom is 0.423 e. The van der Waals surface area contributed by atoms with Gasteiger partial charge >= 0.3 is 12.1 Å². The SMILES string of the molecule is CC(=O)OCCOc1ccc([N+](=O)[O-])c(C(F)(F)F)c1. The molecule has 0 radical (unpaired) electrons. The molecule has 1 aromatic rings. The number of nitrogens with zero attached hydrogens (tertiary/aromatic N) is 1. The fourth-order valence-corrected chi connectivity index (χ4v) is 1.34. The van der Waals surface area contributed by atoms with Gasteiger partial charge < -0.3 is 9.47 Å². The zero-order valence-electron chi connectivity index (χ0n) is 10.3. The van der Waals surface area contributed by atoms with Crippen molar-refractivity contribution in [2.45, 2.75) is 13.1 Å². The summed E-state index contributed by atoms with van der Waals surface area (Å²) in [6, 6.07) is 2.29. The van der Waals surface area contributed by atoms with Gasteiger partial charge in [0.2, 0.25) is 0 Å². The van der Waals surface area contributed by atoms with E-state index in [1.165, 1.54) is 6.92 Å². The van der Waals surface area contributed by atoms with Gasteiger partial charge in [-0.05, 0) is 12.1 Å². The molecule has 1 rings (SSSR count). The topological polar surface area (TPSA) is 78.7 Å². The highest BCUT2D eigenvalue weighted by atomic mass is 19.4. The van der Waals surface area contributed by atoms with E-state index in [1.54, 1.807) is 0 Å². The third-order valence-corrected chi connectivity index (χ3v) is 2.13. The van der Waals surface area contributed by atoms with Crippen LogP contribution < -0.4 is 4.74 Å². The van der Waals surface area contributed by atoms with E-state index < -0.39 is 28.3 Å². The van der Waals surface area contributed by atoms with Crippen LogP contribution in [0.5, 0.6) is 5.75 Å². The number of nitro benzene ring substituents is 1. The first-order valence-corrected chi connectivity index (χ1v) is 5.33. The molecule has 0 aliphatic carbocycles. The lowest BCUT2D eigenvalue weighted by Crippen LogP contribution is -2.12. The Labute approximate surface area is 111 Å². The summed E-state index contributed by atoms with van der Waals surface area (Å²) >= 11 is 0. The van der Waals surface area contributed by atoms with E-state index >= 15 is 0 Å². The van der Waals surface area contributed by atoms with Crippen LogP contribution in [0.3, 0.4) is 0 Å². The molecule has 20 heavy (non-hydrogen) atoms. The number of carbonyl (C=O) groups excluding carboxylic acids is 1. The number of alkyl halides is 3. The molecule has 0 aromatic heterocycles. The number of hydrogen-bond donors (Lipinski definition) is 0. The Morgan fingerprint density at radius 2 is 2.00 bits per heavy atom. The fourth-order valence-electron chi connectivity index (χ4n) is 1.34. The zero-order chi connectivity index (χ0) is 15.3. The van der Waals surface area contributed by atoms with Gasteiger partial charge in [-0.2, -0.15) is 13.2 Å². The number of halogens is 3. The van der Waals surface area contributed by atoms with Gasteiger partial charge in [0, 0.05) is 13.0 Å². The minimum atomic E-state index is -4.86. The molecule has 0 aliphatic heterocycles. The minimum absolute atomic E-state index is 0.131. The van der Waals surface area contributed by atoms with Crippen LogP contribution in [0.1, 0.15) is 12.5 Å². The van der Waals surface area contributed by atoms with Gasteiger partial charge in [-0.15, -0.1) is 0 Å². The second-order valence-electron chi connectivity index (χ2n) is 3.62. The third-order valence-electron chi connectivity index (χ3n) is 2.13. The average Bonchev–Trinajstić information content (AvgIpc) is 2.33. The van der Waals surface area contributed by atoms with Crippen molar-refractivity contribution in [3.63, 3.8) is 0 Å². The smallest absolute Gasteiger partial charge is 0.423 e. The lowest BCUT2D eigenvalue weighted by Gasteiger charge is -2.10. The molecule has 1 aromatic carbocycles. The predicted octanol–water partition coefficient (Wildman–Crippen LogP) is 2.56. The van der Waals surface area contributed by atoms with Crippen LogP contribution in [0.15, 0.2) is 18.2 Å². The van der Waals surface area contributed by atoms with Crippen LogP contribution in [-0.2, 0) is 15.7 Å². The highest BCUT2D eigenvalue weighted by Crippen LogP contribution is 2.38. The van der Waals surface area contributed by atoms with E-state index in [0.29, 0.717) is 12.1 Å². The molecule has 6 nitrogen and oxygen atoms in total. The molecule has 0 amide bonds. The molecule has 110 valence electrons. The number of ether oxygens (including phenoxy) is 2. The molecule has 0 N–H and O–H groups in total. The van der Waals surface area contributed by atoms with Crippen LogP contribution in [0.2, 0.25) is 0 Å². The molecule has 0 heterocycles. The van der Waals surface area contributed by atoms with Gasteiger partial charge in [-0.1, -0.05) is 0 Å². The second kappa shape index (κ2) is 6.22. The van der Waals surface area contributed by atoms with Crippen molar-refractivity contribution in [2.75, 3.05) is 13.2 Å². The van der Waals surface area contributed by atoms with Crippen molar-refractivity contribution in [1.82, 2.24) is 0 Å². The maximum atomic E-state index is 12.7. The first-order chi connectivity index (χ1) is 9.21. The molecule has 0 unspecified atom stereocenters. The summed E-state index contributed by atoms with van der Waals surface area (Å²) in [4.78, 5) is 19.9. The molecule has 0 atom stereocenters. The summed E-state index contributed by atoms with van der Waals surface area (Å²) in [6.45, 7) is 0.885. The van der Waals surface area contributed by atoms with E-state index in [4.69, 9.17) is 4.74 Å². The van der Waals surface area contributed by atoms with Gasteiger partial charge in [0.15, 0.2) is 0 Å². The monoisotopic (exact) mass is 293 g/mol. The average molecular weight is 293 g/mol. The van der Waals surface area contributed by atoms with E-state index in [-0.39, 0.29) is 19.0 Å². The van der Waals surface area contributed by atoms with Crippen molar-refractivity contribution in [3.05, 3.63) is 33.9 Å². The Hall–Kier alpha value is -2.32. The molecule has 0 fully saturated rings. The summed E-state index contributed by atoms with van der Waals surface area (Å²) < 4.78 is 47.4. The number of carbonyl (C=O) groups is 1. The first kappa shape index (κ1) is 15.7. The van der Waals surface area contributed by atoms with Crippen LogP contribution in [0.4, 0.5) is 18.9 Å². The molecule has 0 saturated heterocycles. The Balaban J connectivity index is 2.85. The predicted molar refractivity (Wildman–Crippen MR) is 60.2 cm³/mol. The van der Waals surface area contributed by atoms with E-state index in [1.807, 2.05) is 0 Å². The van der Waals surface area contributed by atoms with Crippen molar-refractivity contribution in [1.29, 1.82) is 0 Å². The number of nitro groups is 1. The molecule has 0 spiro atoms. The third kappa shape index (κ3) is 4.41. The molecule has 0 saturated carbocycles. The van der Waals surface area contributed by atoms with Gasteiger partial charge in [-0.25, -0.2) is 0 Å².